The average molecular weight is 453 g/mol. The first-order valence-electron chi connectivity index (χ1n) is 10.4. The summed E-state index contributed by atoms with van der Waals surface area (Å²) in [5.74, 6) is -0.288. The second-order valence-corrected chi connectivity index (χ2v) is 7.70. The van der Waals surface area contributed by atoms with E-state index in [0.29, 0.717) is 16.6 Å². The number of fused-ring (bicyclic) bond motifs is 1. The van der Waals surface area contributed by atoms with E-state index in [-0.39, 0.29) is 25.6 Å². The van der Waals surface area contributed by atoms with Gasteiger partial charge in [0.25, 0.3) is 5.91 Å². The highest BCUT2D eigenvalue weighted by Gasteiger charge is 2.30. The van der Waals surface area contributed by atoms with Crippen LogP contribution in [0.25, 0.3) is 22.0 Å². The predicted octanol–water partition coefficient (Wildman–Crippen LogP) is 4.80. The summed E-state index contributed by atoms with van der Waals surface area (Å²) in [6.45, 7) is 2.10. The van der Waals surface area contributed by atoms with Gasteiger partial charge >= 0.3 is 6.18 Å². The third kappa shape index (κ3) is 4.75. The van der Waals surface area contributed by atoms with Crippen molar-refractivity contribution in [1.29, 1.82) is 0 Å². The summed E-state index contributed by atoms with van der Waals surface area (Å²) >= 11 is 0. The van der Waals surface area contributed by atoms with Crippen LogP contribution in [0, 0.1) is 6.92 Å². The Morgan fingerprint density at radius 1 is 1.06 bits per heavy atom. The number of halogens is 3. The minimum atomic E-state index is -4.40. The van der Waals surface area contributed by atoms with Gasteiger partial charge in [-0.05, 0) is 42.3 Å². The van der Waals surface area contributed by atoms with Crippen LogP contribution < -0.4 is 5.32 Å². The molecule has 8 heteroatoms. The summed E-state index contributed by atoms with van der Waals surface area (Å²) in [5.41, 5.74) is 3.42. The third-order valence-electron chi connectivity index (χ3n) is 5.45. The largest absolute Gasteiger partial charge is 0.416 e. The van der Waals surface area contributed by atoms with Crippen molar-refractivity contribution in [3.05, 3.63) is 89.1 Å². The highest BCUT2D eigenvalue weighted by atomic mass is 19.4. The normalized spacial score (nSPS) is 11.7. The van der Waals surface area contributed by atoms with Gasteiger partial charge < -0.3 is 10.4 Å². The van der Waals surface area contributed by atoms with E-state index in [0.717, 1.165) is 34.3 Å². The number of carbonyl (C=O) groups excluding carboxylic acids is 1. The van der Waals surface area contributed by atoms with Gasteiger partial charge in [0.15, 0.2) is 0 Å². The Bertz CT molecular complexity index is 1310. The minimum absolute atomic E-state index is 0.146. The summed E-state index contributed by atoms with van der Waals surface area (Å²) in [4.78, 5) is 12.3. The number of aromatic nitrogens is 2. The lowest BCUT2D eigenvalue weighted by Crippen LogP contribution is -2.26. The summed E-state index contributed by atoms with van der Waals surface area (Å²) in [6, 6.07) is 18.0. The number of nitrogens with one attached hydrogen (secondary N) is 1. The van der Waals surface area contributed by atoms with Crippen molar-refractivity contribution in [2.45, 2.75) is 19.6 Å². The lowest BCUT2D eigenvalue weighted by Gasteiger charge is -2.09. The van der Waals surface area contributed by atoms with E-state index < -0.39 is 11.7 Å². The summed E-state index contributed by atoms with van der Waals surface area (Å²) < 4.78 is 41.0. The molecule has 1 aromatic heterocycles. The second kappa shape index (κ2) is 9.07. The average Bonchev–Trinajstić information content (AvgIpc) is 3.12. The first-order valence-corrected chi connectivity index (χ1v) is 10.4. The number of aryl methyl sites for hydroxylation is 1. The molecule has 0 fully saturated rings. The van der Waals surface area contributed by atoms with Gasteiger partial charge in [-0.15, -0.1) is 0 Å². The van der Waals surface area contributed by atoms with Crippen LogP contribution in [0.15, 0.2) is 66.7 Å². The zero-order chi connectivity index (χ0) is 23.6. The Balaban J connectivity index is 1.71. The van der Waals surface area contributed by atoms with E-state index in [9.17, 15) is 18.0 Å². The topological polar surface area (TPSA) is 67.2 Å². The molecule has 170 valence electrons. The smallest absolute Gasteiger partial charge is 0.395 e. The van der Waals surface area contributed by atoms with Crippen molar-refractivity contribution in [3.63, 3.8) is 0 Å². The van der Waals surface area contributed by atoms with Crippen LogP contribution in [-0.4, -0.2) is 33.9 Å². The van der Waals surface area contributed by atoms with Crippen LogP contribution in [0.2, 0.25) is 0 Å². The number of carbonyl (C=O) groups is 1. The van der Waals surface area contributed by atoms with Gasteiger partial charge in [0, 0.05) is 28.8 Å². The molecule has 4 rings (SSSR count). The van der Waals surface area contributed by atoms with Crippen molar-refractivity contribution in [2.24, 2.45) is 0 Å². The van der Waals surface area contributed by atoms with E-state index in [1.165, 1.54) is 6.07 Å². The van der Waals surface area contributed by atoms with Gasteiger partial charge in [-0.25, -0.2) is 0 Å². The Hall–Kier alpha value is -3.65. The minimum Gasteiger partial charge on any atom is -0.395 e. The van der Waals surface area contributed by atoms with E-state index >= 15 is 0 Å². The Morgan fingerprint density at radius 2 is 1.82 bits per heavy atom. The van der Waals surface area contributed by atoms with Crippen molar-refractivity contribution in [1.82, 2.24) is 15.1 Å². The Labute approximate surface area is 188 Å². The quantitative estimate of drug-likeness (QED) is 0.441. The maximum Gasteiger partial charge on any atom is 0.416 e. The molecule has 0 unspecified atom stereocenters. The van der Waals surface area contributed by atoms with Gasteiger partial charge in [-0.3, -0.25) is 9.48 Å². The van der Waals surface area contributed by atoms with Crippen LogP contribution >= 0.6 is 0 Å². The first kappa shape index (κ1) is 22.5. The molecule has 0 saturated carbocycles. The first-order chi connectivity index (χ1) is 15.8. The molecule has 1 heterocycles. The number of aliphatic hydroxyl groups excluding tert-OH is 1. The van der Waals surface area contributed by atoms with E-state index in [4.69, 9.17) is 10.2 Å². The SMILES string of the molecule is Cc1c2cccc(-c3cccc(C(=O)NCCO)c3)c2nn1Cc1cccc(C(F)(F)F)c1. The molecule has 0 aliphatic carbocycles. The van der Waals surface area contributed by atoms with Gasteiger partial charge in [-0.2, -0.15) is 18.3 Å². The van der Waals surface area contributed by atoms with Gasteiger partial charge in [0.05, 0.1) is 18.7 Å². The molecule has 3 aromatic carbocycles. The lowest BCUT2D eigenvalue weighted by atomic mass is 10.00. The van der Waals surface area contributed by atoms with E-state index in [1.54, 1.807) is 28.9 Å². The Kier molecular flexibility index (Phi) is 6.20. The monoisotopic (exact) mass is 453 g/mol. The second-order valence-electron chi connectivity index (χ2n) is 7.70. The third-order valence-corrected chi connectivity index (χ3v) is 5.45. The van der Waals surface area contributed by atoms with Crippen LogP contribution in [-0.2, 0) is 12.7 Å². The number of nitrogens with zero attached hydrogens (tertiary/aromatic N) is 2. The van der Waals surface area contributed by atoms with Crippen LogP contribution in [0.5, 0.6) is 0 Å². The molecule has 5 nitrogen and oxygen atoms in total. The molecular formula is C25H22F3N3O2. The lowest BCUT2D eigenvalue weighted by molar-refractivity contribution is -0.137. The molecule has 0 aliphatic rings. The molecular weight excluding hydrogens is 431 g/mol. The van der Waals surface area contributed by atoms with Gasteiger partial charge in [0.2, 0.25) is 0 Å². The fourth-order valence-electron chi connectivity index (χ4n) is 3.78. The number of amides is 1. The number of hydrogen-bond donors (Lipinski definition) is 2. The maximum atomic E-state index is 13.1. The molecule has 0 atom stereocenters. The number of alkyl halides is 3. The molecule has 1 amide bonds. The standard InChI is InChI=1S/C25H22F3N3O2/c1-16-21-9-4-10-22(18-6-3-7-19(14-18)24(33)29-11-12-32)23(21)30-31(16)15-17-5-2-8-20(13-17)25(26,27)28/h2-10,13-14,32H,11-12,15H2,1H3,(H,29,33). The maximum absolute atomic E-state index is 13.1. The van der Waals surface area contributed by atoms with Crippen LogP contribution in [0.1, 0.15) is 27.2 Å². The van der Waals surface area contributed by atoms with Crippen LogP contribution in [0.3, 0.4) is 0 Å². The zero-order valence-electron chi connectivity index (χ0n) is 17.9. The molecule has 33 heavy (non-hydrogen) atoms. The highest BCUT2D eigenvalue weighted by molar-refractivity contribution is 5.99. The summed E-state index contributed by atoms with van der Waals surface area (Å²) in [5, 5.41) is 17.1. The molecule has 0 bridgehead atoms. The number of hydrogen-bond acceptors (Lipinski definition) is 3. The highest BCUT2D eigenvalue weighted by Crippen LogP contribution is 2.32. The molecule has 0 spiro atoms. The van der Waals surface area contributed by atoms with Crippen molar-refractivity contribution >= 4 is 16.8 Å². The van der Waals surface area contributed by atoms with Crippen molar-refractivity contribution in [3.8, 4) is 11.1 Å². The van der Waals surface area contributed by atoms with E-state index in [1.807, 2.05) is 31.2 Å². The number of benzene rings is 3. The number of aliphatic hydroxyl groups is 1. The number of rotatable bonds is 6. The summed E-state index contributed by atoms with van der Waals surface area (Å²) in [6.07, 6.45) is -4.40. The van der Waals surface area contributed by atoms with Crippen molar-refractivity contribution in [2.75, 3.05) is 13.2 Å². The fraction of sp³-hybridized carbons (Fsp3) is 0.200. The molecule has 2 N–H and O–H groups in total. The zero-order valence-corrected chi connectivity index (χ0v) is 17.9. The summed E-state index contributed by atoms with van der Waals surface area (Å²) in [7, 11) is 0. The fourth-order valence-corrected chi connectivity index (χ4v) is 3.78. The van der Waals surface area contributed by atoms with E-state index in [2.05, 4.69) is 5.32 Å². The van der Waals surface area contributed by atoms with Gasteiger partial charge in [0.1, 0.15) is 5.52 Å². The molecule has 0 saturated heterocycles. The molecule has 0 radical (unpaired) electrons. The Morgan fingerprint density at radius 3 is 2.58 bits per heavy atom. The van der Waals surface area contributed by atoms with Crippen molar-refractivity contribution < 1.29 is 23.1 Å². The van der Waals surface area contributed by atoms with Crippen LogP contribution in [0.4, 0.5) is 13.2 Å². The molecule has 4 aromatic rings. The van der Waals surface area contributed by atoms with Gasteiger partial charge in [-0.1, -0.05) is 42.5 Å². The predicted molar refractivity (Wildman–Crippen MR) is 120 cm³/mol. The molecule has 0 aliphatic heterocycles.